The van der Waals surface area contributed by atoms with Crippen molar-refractivity contribution in [3.8, 4) is 5.75 Å². The van der Waals surface area contributed by atoms with Crippen molar-refractivity contribution >= 4 is 0 Å². The quantitative estimate of drug-likeness (QED) is 0.837. The van der Waals surface area contributed by atoms with E-state index in [4.69, 9.17) is 4.74 Å². The van der Waals surface area contributed by atoms with E-state index in [-0.39, 0.29) is 5.54 Å². The summed E-state index contributed by atoms with van der Waals surface area (Å²) in [5.74, 6) is 0.980. The van der Waals surface area contributed by atoms with Gasteiger partial charge < -0.3 is 15.0 Å². The first-order valence-corrected chi connectivity index (χ1v) is 7.72. The van der Waals surface area contributed by atoms with Crippen molar-refractivity contribution in [2.24, 2.45) is 0 Å². The first-order chi connectivity index (χ1) is 9.55. The van der Waals surface area contributed by atoms with Crippen LogP contribution in [0.1, 0.15) is 32.3 Å². The van der Waals surface area contributed by atoms with Gasteiger partial charge in [0.25, 0.3) is 0 Å². The summed E-state index contributed by atoms with van der Waals surface area (Å²) in [6, 6.07) is 8.29. The lowest BCUT2D eigenvalue weighted by atomic mass is 10.1. The van der Waals surface area contributed by atoms with Gasteiger partial charge in [-0.3, -0.25) is 0 Å². The fourth-order valence-corrected chi connectivity index (χ4v) is 2.73. The predicted molar refractivity (Wildman–Crippen MR) is 84.4 cm³/mol. The van der Waals surface area contributed by atoms with Gasteiger partial charge in [0.2, 0.25) is 0 Å². The van der Waals surface area contributed by atoms with Crippen LogP contribution in [0.4, 0.5) is 0 Å². The molecule has 1 aliphatic rings. The van der Waals surface area contributed by atoms with Crippen molar-refractivity contribution in [3.05, 3.63) is 29.8 Å². The van der Waals surface area contributed by atoms with Gasteiger partial charge in [0.05, 0.1) is 6.61 Å². The number of nitrogens with one attached hydrogen (secondary N) is 1. The Morgan fingerprint density at radius 2 is 2.00 bits per heavy atom. The van der Waals surface area contributed by atoms with Crippen LogP contribution in [0.5, 0.6) is 5.75 Å². The lowest BCUT2D eigenvalue weighted by Gasteiger charge is -2.29. The standard InChI is InChI=1S/C17H28N2O/c1-15-6-8-16(9-7-15)20-13-5-12-19-11-4-10-18-17(2,3)14-19/h6-9,18H,4-5,10-14H2,1-3H3. The minimum atomic E-state index is 0.230. The highest BCUT2D eigenvalue weighted by molar-refractivity contribution is 5.26. The third kappa shape index (κ3) is 5.14. The van der Waals surface area contributed by atoms with Crippen LogP contribution < -0.4 is 10.1 Å². The molecular weight excluding hydrogens is 248 g/mol. The molecule has 1 heterocycles. The molecule has 0 bridgehead atoms. The van der Waals surface area contributed by atoms with Crippen LogP contribution in [0.15, 0.2) is 24.3 Å². The Morgan fingerprint density at radius 1 is 1.25 bits per heavy atom. The van der Waals surface area contributed by atoms with E-state index in [0.717, 1.165) is 38.4 Å². The smallest absolute Gasteiger partial charge is 0.119 e. The highest BCUT2D eigenvalue weighted by Crippen LogP contribution is 2.13. The monoisotopic (exact) mass is 276 g/mol. The maximum absolute atomic E-state index is 5.79. The number of nitrogens with zero attached hydrogens (tertiary/aromatic N) is 1. The zero-order valence-electron chi connectivity index (χ0n) is 13.1. The second-order valence-corrected chi connectivity index (χ2v) is 6.46. The van der Waals surface area contributed by atoms with Crippen LogP contribution >= 0.6 is 0 Å². The molecule has 1 fully saturated rings. The van der Waals surface area contributed by atoms with Crippen molar-refractivity contribution < 1.29 is 4.74 Å². The topological polar surface area (TPSA) is 24.5 Å². The molecule has 1 aromatic rings. The molecule has 3 nitrogen and oxygen atoms in total. The molecule has 0 spiro atoms. The molecule has 0 radical (unpaired) electrons. The molecule has 0 unspecified atom stereocenters. The maximum atomic E-state index is 5.79. The summed E-state index contributed by atoms with van der Waals surface area (Å²) >= 11 is 0. The summed E-state index contributed by atoms with van der Waals surface area (Å²) < 4.78 is 5.79. The van der Waals surface area contributed by atoms with E-state index >= 15 is 0 Å². The van der Waals surface area contributed by atoms with Crippen LogP contribution in [0.3, 0.4) is 0 Å². The molecule has 2 rings (SSSR count). The van der Waals surface area contributed by atoms with E-state index in [1.165, 1.54) is 18.5 Å². The van der Waals surface area contributed by atoms with Gasteiger partial charge in [-0.25, -0.2) is 0 Å². The Hall–Kier alpha value is -1.06. The zero-order valence-corrected chi connectivity index (χ0v) is 13.1. The lowest BCUT2D eigenvalue weighted by Crippen LogP contribution is -2.46. The van der Waals surface area contributed by atoms with Crippen molar-refractivity contribution in [2.45, 2.75) is 39.2 Å². The fourth-order valence-electron chi connectivity index (χ4n) is 2.73. The number of rotatable bonds is 5. The van der Waals surface area contributed by atoms with Gasteiger partial charge in [0.15, 0.2) is 0 Å². The van der Waals surface area contributed by atoms with E-state index in [2.05, 4.69) is 43.1 Å². The molecule has 0 amide bonds. The van der Waals surface area contributed by atoms with Crippen molar-refractivity contribution in [1.29, 1.82) is 0 Å². The molecule has 112 valence electrons. The zero-order chi connectivity index (χ0) is 14.4. The number of aryl methyl sites for hydroxylation is 1. The first-order valence-electron chi connectivity index (χ1n) is 7.72. The third-order valence-corrected chi connectivity index (χ3v) is 3.78. The maximum Gasteiger partial charge on any atom is 0.119 e. The predicted octanol–water partition coefficient (Wildman–Crippen LogP) is 2.84. The van der Waals surface area contributed by atoms with Gasteiger partial charge in [-0.15, -0.1) is 0 Å². The van der Waals surface area contributed by atoms with Crippen LogP contribution in [0, 0.1) is 6.92 Å². The van der Waals surface area contributed by atoms with Crippen molar-refractivity contribution in [2.75, 3.05) is 32.8 Å². The fraction of sp³-hybridized carbons (Fsp3) is 0.647. The van der Waals surface area contributed by atoms with Gasteiger partial charge in [-0.2, -0.15) is 0 Å². The number of hydrogen-bond donors (Lipinski definition) is 1. The summed E-state index contributed by atoms with van der Waals surface area (Å²) in [7, 11) is 0. The molecule has 0 atom stereocenters. The molecular formula is C17H28N2O. The van der Waals surface area contributed by atoms with E-state index in [1.54, 1.807) is 0 Å². The summed E-state index contributed by atoms with van der Waals surface area (Å²) in [5.41, 5.74) is 1.51. The van der Waals surface area contributed by atoms with Crippen LogP contribution in [0.2, 0.25) is 0 Å². The van der Waals surface area contributed by atoms with Gasteiger partial charge in [0.1, 0.15) is 5.75 Å². The molecule has 1 N–H and O–H groups in total. The molecule has 0 aliphatic carbocycles. The van der Waals surface area contributed by atoms with Crippen molar-refractivity contribution in [3.63, 3.8) is 0 Å². The molecule has 0 saturated carbocycles. The normalized spacial score (nSPS) is 19.6. The van der Waals surface area contributed by atoms with Crippen molar-refractivity contribution in [1.82, 2.24) is 10.2 Å². The molecule has 1 aromatic carbocycles. The average molecular weight is 276 g/mol. The second-order valence-electron chi connectivity index (χ2n) is 6.46. The first kappa shape index (κ1) is 15.3. The Balaban J connectivity index is 1.68. The molecule has 1 saturated heterocycles. The van der Waals surface area contributed by atoms with E-state index in [9.17, 15) is 0 Å². The van der Waals surface area contributed by atoms with E-state index in [0.29, 0.717) is 0 Å². The molecule has 20 heavy (non-hydrogen) atoms. The van der Waals surface area contributed by atoms with Gasteiger partial charge in [0, 0.05) is 18.6 Å². The van der Waals surface area contributed by atoms with Gasteiger partial charge in [-0.1, -0.05) is 17.7 Å². The SMILES string of the molecule is Cc1ccc(OCCCN2CCCNC(C)(C)C2)cc1. The average Bonchev–Trinajstić information content (AvgIpc) is 2.57. The minimum Gasteiger partial charge on any atom is -0.494 e. The summed E-state index contributed by atoms with van der Waals surface area (Å²) in [5, 5.41) is 3.60. The second kappa shape index (κ2) is 7.09. The Kier molecular flexibility index (Phi) is 5.44. The largest absolute Gasteiger partial charge is 0.494 e. The third-order valence-electron chi connectivity index (χ3n) is 3.78. The number of benzene rings is 1. The van der Waals surface area contributed by atoms with Crippen LogP contribution in [-0.4, -0.2) is 43.2 Å². The highest BCUT2D eigenvalue weighted by Gasteiger charge is 2.23. The summed E-state index contributed by atoms with van der Waals surface area (Å²) in [6.45, 7) is 12.0. The Morgan fingerprint density at radius 3 is 2.75 bits per heavy atom. The van der Waals surface area contributed by atoms with Crippen LogP contribution in [-0.2, 0) is 0 Å². The lowest BCUT2D eigenvalue weighted by molar-refractivity contribution is 0.208. The Labute approximate surface area is 123 Å². The molecule has 1 aliphatic heterocycles. The van der Waals surface area contributed by atoms with E-state index < -0.39 is 0 Å². The molecule has 0 aromatic heterocycles. The summed E-state index contributed by atoms with van der Waals surface area (Å²) in [6.07, 6.45) is 2.33. The Bertz CT molecular complexity index is 400. The highest BCUT2D eigenvalue weighted by atomic mass is 16.5. The van der Waals surface area contributed by atoms with Crippen LogP contribution in [0.25, 0.3) is 0 Å². The molecule has 3 heteroatoms. The van der Waals surface area contributed by atoms with Gasteiger partial charge >= 0.3 is 0 Å². The number of ether oxygens (including phenoxy) is 1. The minimum absolute atomic E-state index is 0.230. The van der Waals surface area contributed by atoms with Gasteiger partial charge in [-0.05, 0) is 58.8 Å². The summed E-state index contributed by atoms with van der Waals surface area (Å²) in [4.78, 5) is 2.55. The number of hydrogen-bond acceptors (Lipinski definition) is 3. The van der Waals surface area contributed by atoms with E-state index in [1.807, 2.05) is 12.1 Å².